The summed E-state index contributed by atoms with van der Waals surface area (Å²) in [5.41, 5.74) is -2.84. The number of rotatable bonds is 4. The van der Waals surface area contributed by atoms with Crippen LogP contribution in [0.25, 0.3) is 11.3 Å². The van der Waals surface area contributed by atoms with Crippen molar-refractivity contribution in [2.45, 2.75) is 32.3 Å². The van der Waals surface area contributed by atoms with E-state index in [9.17, 15) is 23.4 Å². The molecule has 0 unspecified atom stereocenters. The zero-order chi connectivity index (χ0) is 17.4. The second-order valence-electron chi connectivity index (χ2n) is 5.80. The van der Waals surface area contributed by atoms with Crippen LogP contribution in [-0.2, 0) is 11.5 Å². The predicted octanol–water partition coefficient (Wildman–Crippen LogP) is 4.13. The van der Waals surface area contributed by atoms with Crippen molar-refractivity contribution in [3.8, 4) is 11.3 Å². The molecular weight excluding hydrogens is 307 g/mol. The minimum Gasteiger partial charge on any atom is -0.386 e. The second-order valence-corrected chi connectivity index (χ2v) is 5.80. The van der Waals surface area contributed by atoms with E-state index in [1.807, 2.05) is 0 Å². The summed E-state index contributed by atoms with van der Waals surface area (Å²) in [4.78, 5) is 3.69. The summed E-state index contributed by atoms with van der Waals surface area (Å²) >= 11 is 0. The summed E-state index contributed by atoms with van der Waals surface area (Å²) in [5, 5.41) is 19.3. The minimum absolute atomic E-state index is 0.295. The zero-order valence-electron chi connectivity index (χ0n) is 12.9. The first-order valence-electron chi connectivity index (χ1n) is 6.95. The lowest BCUT2D eigenvalue weighted by Gasteiger charge is -2.24. The number of alkyl halides is 2. The fourth-order valence-corrected chi connectivity index (χ4v) is 2.11. The maximum absolute atomic E-state index is 14.7. The Kier molecular flexibility index (Phi) is 4.50. The molecule has 0 aliphatic carbocycles. The molecular formula is C17H17F3NO2. The zero-order valence-corrected chi connectivity index (χ0v) is 12.9. The molecule has 0 saturated heterocycles. The van der Waals surface area contributed by atoms with Crippen molar-refractivity contribution in [3.05, 3.63) is 59.6 Å². The highest BCUT2D eigenvalue weighted by molar-refractivity contribution is 5.61. The van der Waals surface area contributed by atoms with Crippen LogP contribution in [0, 0.1) is 11.9 Å². The van der Waals surface area contributed by atoms with Crippen LogP contribution < -0.4 is 0 Å². The molecule has 1 heterocycles. The van der Waals surface area contributed by atoms with Gasteiger partial charge in [-0.15, -0.1) is 0 Å². The predicted molar refractivity (Wildman–Crippen MR) is 79.6 cm³/mol. The molecule has 2 rings (SSSR count). The van der Waals surface area contributed by atoms with Crippen LogP contribution in [0.15, 0.2) is 36.4 Å². The van der Waals surface area contributed by atoms with E-state index >= 15 is 0 Å². The van der Waals surface area contributed by atoms with Crippen molar-refractivity contribution >= 4 is 0 Å². The number of hydrogen-bond donors (Lipinski definition) is 2. The first kappa shape index (κ1) is 17.4. The molecule has 0 saturated carbocycles. The lowest BCUT2D eigenvalue weighted by Crippen LogP contribution is -2.26. The Morgan fingerprint density at radius 3 is 2.17 bits per heavy atom. The van der Waals surface area contributed by atoms with Gasteiger partial charge in [-0.05, 0) is 26.8 Å². The molecule has 2 aromatic rings. The van der Waals surface area contributed by atoms with Gasteiger partial charge >= 0.3 is 5.92 Å². The molecule has 0 bridgehead atoms. The Bertz CT molecular complexity index is 695. The molecule has 2 N–H and O–H groups in total. The highest BCUT2D eigenvalue weighted by atomic mass is 19.3. The van der Waals surface area contributed by atoms with Crippen LogP contribution in [0.3, 0.4) is 0 Å². The standard InChI is InChI=1S/C17H17F3NO2/c1-10(22)17(19,20)13-9-12(16(2,3)23)14(18)15(21-13)11-7-5-4-6-8-11/h4-9,22-23H,1-3H3. The maximum atomic E-state index is 14.7. The Morgan fingerprint density at radius 2 is 1.70 bits per heavy atom. The Morgan fingerprint density at radius 1 is 1.13 bits per heavy atom. The van der Waals surface area contributed by atoms with Gasteiger partial charge in [0.2, 0.25) is 0 Å². The van der Waals surface area contributed by atoms with E-state index in [4.69, 9.17) is 0 Å². The summed E-state index contributed by atoms with van der Waals surface area (Å²) in [5.74, 6) is -4.63. The van der Waals surface area contributed by atoms with Crippen LogP contribution in [0.4, 0.5) is 13.2 Å². The average molecular weight is 324 g/mol. The first-order chi connectivity index (χ1) is 10.5. The van der Waals surface area contributed by atoms with Gasteiger partial charge in [0.25, 0.3) is 0 Å². The molecule has 1 aromatic carbocycles. The summed E-state index contributed by atoms with van der Waals surface area (Å²) in [6, 6.07) is 8.76. The summed E-state index contributed by atoms with van der Waals surface area (Å²) in [6.45, 7) is 3.42. The van der Waals surface area contributed by atoms with Crippen LogP contribution in [0.1, 0.15) is 32.0 Å². The van der Waals surface area contributed by atoms with E-state index in [1.54, 1.807) is 18.2 Å². The SMILES string of the molecule is C[C](O)C(F)(F)c1cc(C(C)(C)O)c(F)c(-c2ccccc2)n1. The van der Waals surface area contributed by atoms with E-state index in [1.165, 1.54) is 26.0 Å². The molecule has 23 heavy (non-hydrogen) atoms. The van der Waals surface area contributed by atoms with Crippen LogP contribution in [-0.4, -0.2) is 15.2 Å². The van der Waals surface area contributed by atoms with Crippen molar-refractivity contribution in [1.29, 1.82) is 0 Å². The van der Waals surface area contributed by atoms with Crippen molar-refractivity contribution < 1.29 is 23.4 Å². The molecule has 0 atom stereocenters. The Hall–Kier alpha value is -1.92. The first-order valence-corrected chi connectivity index (χ1v) is 6.95. The third-order valence-corrected chi connectivity index (χ3v) is 3.44. The summed E-state index contributed by atoms with van der Waals surface area (Å²) < 4.78 is 42.9. The number of benzene rings is 1. The fourth-order valence-electron chi connectivity index (χ4n) is 2.11. The van der Waals surface area contributed by atoms with Gasteiger partial charge < -0.3 is 10.2 Å². The lowest BCUT2D eigenvalue weighted by atomic mass is 9.93. The van der Waals surface area contributed by atoms with Crippen molar-refractivity contribution in [3.63, 3.8) is 0 Å². The molecule has 1 radical (unpaired) electrons. The second kappa shape index (κ2) is 5.94. The third kappa shape index (κ3) is 3.38. The van der Waals surface area contributed by atoms with E-state index in [-0.39, 0.29) is 11.3 Å². The highest BCUT2D eigenvalue weighted by Gasteiger charge is 2.42. The summed E-state index contributed by atoms with van der Waals surface area (Å²) in [7, 11) is 0. The van der Waals surface area contributed by atoms with E-state index in [0.29, 0.717) is 5.56 Å². The van der Waals surface area contributed by atoms with Crippen molar-refractivity contribution in [2.24, 2.45) is 0 Å². The maximum Gasteiger partial charge on any atom is 0.320 e. The van der Waals surface area contributed by atoms with Gasteiger partial charge in [-0.25, -0.2) is 9.37 Å². The third-order valence-electron chi connectivity index (χ3n) is 3.44. The number of nitrogens with zero attached hydrogens (tertiary/aromatic N) is 1. The number of halogens is 3. The quantitative estimate of drug-likeness (QED) is 0.889. The van der Waals surface area contributed by atoms with Crippen LogP contribution in [0.5, 0.6) is 0 Å². The number of aliphatic hydroxyl groups excluding tert-OH is 1. The Labute approximate surface area is 132 Å². The smallest absolute Gasteiger partial charge is 0.320 e. The molecule has 0 amide bonds. The minimum atomic E-state index is -3.75. The fraction of sp³-hybridized carbons (Fsp3) is 0.294. The largest absolute Gasteiger partial charge is 0.386 e. The van der Waals surface area contributed by atoms with E-state index in [2.05, 4.69) is 4.98 Å². The molecule has 0 aliphatic heterocycles. The lowest BCUT2D eigenvalue weighted by molar-refractivity contribution is -0.0498. The molecule has 1 aromatic heterocycles. The monoisotopic (exact) mass is 324 g/mol. The van der Waals surface area contributed by atoms with E-state index in [0.717, 1.165) is 13.0 Å². The molecule has 123 valence electrons. The number of aromatic nitrogens is 1. The molecule has 6 heteroatoms. The number of aliphatic hydroxyl groups is 2. The molecule has 3 nitrogen and oxygen atoms in total. The van der Waals surface area contributed by atoms with Crippen LogP contribution in [0.2, 0.25) is 0 Å². The van der Waals surface area contributed by atoms with Crippen LogP contribution >= 0.6 is 0 Å². The van der Waals surface area contributed by atoms with Crippen molar-refractivity contribution in [2.75, 3.05) is 0 Å². The van der Waals surface area contributed by atoms with Gasteiger partial charge in [-0.3, -0.25) is 0 Å². The van der Waals surface area contributed by atoms with Gasteiger partial charge in [0.1, 0.15) is 11.4 Å². The highest BCUT2D eigenvalue weighted by Crippen LogP contribution is 2.39. The topological polar surface area (TPSA) is 53.4 Å². The summed E-state index contributed by atoms with van der Waals surface area (Å²) in [6.07, 6.45) is -1.16. The molecule has 0 aliphatic rings. The average Bonchev–Trinajstić information content (AvgIpc) is 2.46. The molecule has 0 spiro atoms. The van der Waals surface area contributed by atoms with E-state index < -0.39 is 29.1 Å². The normalized spacial score (nSPS) is 12.7. The molecule has 0 fully saturated rings. The van der Waals surface area contributed by atoms with Gasteiger partial charge in [-0.2, -0.15) is 8.78 Å². The Balaban J connectivity index is 2.77. The number of hydrogen-bond acceptors (Lipinski definition) is 3. The van der Waals surface area contributed by atoms with Gasteiger partial charge in [-0.1, -0.05) is 30.3 Å². The number of pyridine rings is 1. The van der Waals surface area contributed by atoms with Gasteiger partial charge in [0.15, 0.2) is 11.9 Å². The van der Waals surface area contributed by atoms with Gasteiger partial charge in [0.05, 0.1) is 5.60 Å². The van der Waals surface area contributed by atoms with Gasteiger partial charge in [0, 0.05) is 11.1 Å². The van der Waals surface area contributed by atoms with Crippen molar-refractivity contribution in [1.82, 2.24) is 4.98 Å².